The second kappa shape index (κ2) is 9.28. The van der Waals surface area contributed by atoms with Crippen LogP contribution >= 0.6 is 22.7 Å². The van der Waals surface area contributed by atoms with Crippen molar-refractivity contribution in [3.63, 3.8) is 0 Å². The minimum Gasteiger partial charge on any atom is -0.481 e. The molecule has 1 aliphatic rings. The van der Waals surface area contributed by atoms with Gasteiger partial charge in [-0.15, -0.1) is 22.7 Å². The number of hydrogen-bond donors (Lipinski definition) is 2. The Morgan fingerprint density at radius 2 is 1.66 bits per heavy atom. The third-order valence-electron chi connectivity index (χ3n) is 6.24. The first kappa shape index (κ1) is 23.3. The number of carboxylic acid groups (broad SMARTS) is 1. The van der Waals surface area contributed by atoms with Crippen LogP contribution in [0.2, 0.25) is 0 Å². The number of nitrogens with one attached hydrogen (secondary N) is 1. The minimum atomic E-state index is -0.771. The molecule has 0 bridgehead atoms. The molecule has 8 heteroatoms. The van der Waals surface area contributed by atoms with Gasteiger partial charge in [-0.1, -0.05) is 54.6 Å². The molecule has 0 spiro atoms. The largest absolute Gasteiger partial charge is 0.481 e. The smallest absolute Gasteiger partial charge is 0.412 e. The quantitative estimate of drug-likeness (QED) is 0.269. The zero-order chi connectivity index (χ0) is 24.6. The van der Waals surface area contributed by atoms with Gasteiger partial charge in [0.15, 0.2) is 5.13 Å². The van der Waals surface area contributed by atoms with Crippen LogP contribution in [0.3, 0.4) is 0 Å². The highest BCUT2D eigenvalue weighted by Crippen LogP contribution is 2.48. The lowest BCUT2D eigenvalue weighted by Crippen LogP contribution is -2.19. The molecule has 2 N–H and O–H groups in total. The molecule has 2 heterocycles. The number of benzene rings is 2. The van der Waals surface area contributed by atoms with E-state index in [4.69, 9.17) is 4.74 Å². The van der Waals surface area contributed by atoms with E-state index in [1.54, 1.807) is 6.92 Å². The molecule has 35 heavy (non-hydrogen) atoms. The third kappa shape index (κ3) is 4.72. The molecule has 1 aliphatic carbocycles. The summed E-state index contributed by atoms with van der Waals surface area (Å²) in [5.74, 6) is -0.771. The van der Waals surface area contributed by atoms with E-state index in [0.29, 0.717) is 23.4 Å². The van der Waals surface area contributed by atoms with Crippen LogP contribution in [0.25, 0.3) is 21.6 Å². The number of amides is 1. The monoisotopic (exact) mass is 507 g/mol. The lowest BCUT2D eigenvalue weighted by atomic mass is 9.93. The van der Waals surface area contributed by atoms with E-state index >= 15 is 0 Å². The van der Waals surface area contributed by atoms with Crippen LogP contribution < -0.4 is 5.32 Å². The van der Waals surface area contributed by atoms with E-state index in [1.807, 2.05) is 66.0 Å². The molecular weight excluding hydrogens is 485 g/mol. The van der Waals surface area contributed by atoms with Gasteiger partial charge in [-0.3, -0.25) is 10.1 Å². The standard InChI is InChI=1S/C27H22FNO4S2/c1-16(22-3-2-14-34-22)33-26(32)29-21-15-23(28)35-24(21)19-6-4-17(5-7-19)18-8-10-20(11-9-18)27(12-13-27)25(30)31/h2-11,14-16H,12-13H2,1H3,(H,29,32)(H,30,31). The Labute approximate surface area is 209 Å². The lowest BCUT2D eigenvalue weighted by molar-refractivity contribution is -0.140. The van der Waals surface area contributed by atoms with E-state index in [9.17, 15) is 19.1 Å². The molecule has 0 saturated heterocycles. The predicted octanol–water partition coefficient (Wildman–Crippen LogP) is 7.71. The maximum Gasteiger partial charge on any atom is 0.412 e. The van der Waals surface area contributed by atoms with E-state index in [1.165, 1.54) is 17.4 Å². The second-order valence-electron chi connectivity index (χ2n) is 8.52. The Bertz CT molecular complexity index is 1360. The minimum absolute atomic E-state index is 0.358. The van der Waals surface area contributed by atoms with Gasteiger partial charge >= 0.3 is 12.1 Å². The topological polar surface area (TPSA) is 75.6 Å². The van der Waals surface area contributed by atoms with Gasteiger partial charge < -0.3 is 9.84 Å². The van der Waals surface area contributed by atoms with Crippen molar-refractivity contribution in [3.05, 3.63) is 87.7 Å². The molecule has 1 amide bonds. The second-order valence-corrected chi connectivity index (χ2v) is 10.5. The fraction of sp³-hybridized carbons (Fsp3) is 0.185. The number of halogens is 1. The summed E-state index contributed by atoms with van der Waals surface area (Å²) >= 11 is 2.45. The average Bonchev–Trinajstić information content (AvgIpc) is 3.32. The summed E-state index contributed by atoms with van der Waals surface area (Å²) in [7, 11) is 0. The third-order valence-corrected chi connectivity index (χ3v) is 8.25. The number of rotatable bonds is 7. The number of aliphatic carboxylic acids is 1. The fourth-order valence-corrected chi connectivity index (χ4v) is 5.65. The van der Waals surface area contributed by atoms with Crippen molar-refractivity contribution in [2.45, 2.75) is 31.3 Å². The van der Waals surface area contributed by atoms with Gasteiger partial charge in [0.25, 0.3) is 0 Å². The summed E-state index contributed by atoms with van der Waals surface area (Å²) in [4.78, 5) is 25.5. The van der Waals surface area contributed by atoms with E-state index in [0.717, 1.165) is 38.5 Å². The Hall–Kier alpha value is -3.49. The van der Waals surface area contributed by atoms with Crippen LogP contribution in [0, 0.1) is 5.13 Å². The molecule has 1 unspecified atom stereocenters. The highest BCUT2D eigenvalue weighted by molar-refractivity contribution is 7.14. The normalized spacial score (nSPS) is 14.8. The summed E-state index contributed by atoms with van der Waals surface area (Å²) in [5, 5.41) is 13.7. The van der Waals surface area contributed by atoms with E-state index in [2.05, 4.69) is 5.32 Å². The predicted molar refractivity (Wildman–Crippen MR) is 137 cm³/mol. The van der Waals surface area contributed by atoms with Crippen molar-refractivity contribution in [2.24, 2.45) is 0 Å². The molecule has 5 nitrogen and oxygen atoms in total. The molecule has 2 aromatic heterocycles. The van der Waals surface area contributed by atoms with E-state index in [-0.39, 0.29) is 0 Å². The van der Waals surface area contributed by atoms with Gasteiger partial charge in [-0.25, -0.2) is 4.79 Å². The molecule has 0 radical (unpaired) electrons. The Kier molecular flexibility index (Phi) is 6.17. The summed E-state index contributed by atoms with van der Waals surface area (Å²) < 4.78 is 19.6. The number of carbonyl (C=O) groups excluding carboxylic acids is 1. The number of thiophene rings is 2. The van der Waals surface area contributed by atoms with Crippen molar-refractivity contribution in [1.29, 1.82) is 0 Å². The molecule has 2 aromatic carbocycles. The molecule has 1 saturated carbocycles. The number of carbonyl (C=O) groups is 2. The van der Waals surface area contributed by atoms with Gasteiger partial charge in [0, 0.05) is 10.9 Å². The summed E-state index contributed by atoms with van der Waals surface area (Å²) in [6.45, 7) is 1.79. The summed E-state index contributed by atoms with van der Waals surface area (Å²) in [5.41, 5.74) is 3.15. The van der Waals surface area contributed by atoms with Crippen molar-refractivity contribution in [3.8, 4) is 21.6 Å². The molecule has 0 aliphatic heterocycles. The zero-order valence-electron chi connectivity index (χ0n) is 18.8. The molecule has 4 aromatic rings. The molecule has 5 rings (SSSR count). The number of hydrogen-bond acceptors (Lipinski definition) is 5. The van der Waals surface area contributed by atoms with Crippen LogP contribution in [0.5, 0.6) is 0 Å². The first-order valence-corrected chi connectivity index (χ1v) is 12.8. The van der Waals surface area contributed by atoms with Crippen LogP contribution in [0.15, 0.2) is 72.1 Å². The molecule has 1 atom stereocenters. The highest BCUT2D eigenvalue weighted by atomic mass is 32.1. The van der Waals surface area contributed by atoms with Gasteiger partial charge in [0.1, 0.15) is 6.10 Å². The van der Waals surface area contributed by atoms with Crippen molar-refractivity contribution < 1.29 is 23.8 Å². The maximum absolute atomic E-state index is 14.1. The summed E-state index contributed by atoms with van der Waals surface area (Å²) in [6, 6.07) is 20.3. The maximum atomic E-state index is 14.1. The fourth-order valence-electron chi connectivity index (χ4n) is 4.10. The van der Waals surface area contributed by atoms with Crippen LogP contribution in [0.4, 0.5) is 14.9 Å². The van der Waals surface area contributed by atoms with Crippen LogP contribution in [-0.2, 0) is 14.9 Å². The first-order valence-electron chi connectivity index (χ1n) is 11.1. The van der Waals surface area contributed by atoms with Gasteiger partial charge in [-0.2, -0.15) is 4.39 Å². The molecule has 178 valence electrons. The number of anilines is 1. The van der Waals surface area contributed by atoms with E-state index < -0.39 is 28.7 Å². The lowest BCUT2D eigenvalue weighted by Gasteiger charge is -2.13. The van der Waals surface area contributed by atoms with Gasteiger partial charge in [0.05, 0.1) is 16.0 Å². The Morgan fingerprint density at radius 3 is 2.23 bits per heavy atom. The highest BCUT2D eigenvalue weighted by Gasteiger charge is 2.51. The molecular formula is C27H22FNO4S2. The van der Waals surface area contributed by atoms with Gasteiger partial charge in [-0.05, 0) is 53.5 Å². The number of ether oxygens (including phenoxy) is 1. The first-order chi connectivity index (χ1) is 16.9. The number of carboxylic acids is 1. The Balaban J connectivity index is 1.31. The van der Waals surface area contributed by atoms with Crippen molar-refractivity contribution in [1.82, 2.24) is 0 Å². The zero-order valence-corrected chi connectivity index (χ0v) is 20.4. The molecule has 1 fully saturated rings. The van der Waals surface area contributed by atoms with Gasteiger partial charge in [0.2, 0.25) is 0 Å². The Morgan fingerprint density at radius 1 is 1.03 bits per heavy atom. The average molecular weight is 508 g/mol. The van der Waals surface area contributed by atoms with Crippen molar-refractivity contribution in [2.75, 3.05) is 5.32 Å². The SMILES string of the molecule is CC(OC(=O)Nc1cc(F)sc1-c1ccc(-c2ccc(C3(C(=O)O)CC3)cc2)cc1)c1cccs1. The van der Waals surface area contributed by atoms with Crippen LogP contribution in [0.1, 0.15) is 36.3 Å². The summed E-state index contributed by atoms with van der Waals surface area (Å²) in [6.07, 6.45) is 0.296. The van der Waals surface area contributed by atoms with Crippen molar-refractivity contribution >= 4 is 40.4 Å². The van der Waals surface area contributed by atoms with Crippen LogP contribution in [-0.4, -0.2) is 17.2 Å².